The summed E-state index contributed by atoms with van der Waals surface area (Å²) in [6.45, 7) is 3.06. The van der Waals surface area contributed by atoms with E-state index in [1.165, 1.54) is 6.08 Å². The van der Waals surface area contributed by atoms with E-state index in [9.17, 15) is 9.59 Å². The van der Waals surface area contributed by atoms with Crippen LogP contribution in [0.25, 0.3) is 6.08 Å². The quantitative estimate of drug-likeness (QED) is 0.857. The minimum absolute atomic E-state index is 0.0597. The van der Waals surface area contributed by atoms with Crippen LogP contribution in [0.5, 0.6) is 0 Å². The molecule has 20 heavy (non-hydrogen) atoms. The maximum atomic E-state index is 12.1. The predicted molar refractivity (Wildman–Crippen MR) is 74.0 cm³/mol. The molecule has 1 aliphatic heterocycles. The molecule has 1 N–H and O–H groups in total. The Labute approximate surface area is 117 Å². The normalized spacial score (nSPS) is 19.4. The van der Waals surface area contributed by atoms with Gasteiger partial charge in [0.1, 0.15) is 11.5 Å². The lowest BCUT2D eigenvalue weighted by Crippen LogP contribution is -2.39. The molecular formula is C15H19NO4. The standard InChI is InChI=1S/C15H19NO4/c1-11-4-5-13(20-11)6-7-14(17)16-8-2-3-12(10-16)9-15(18)19/h4-7,12H,2-3,8-10H2,1H3,(H,18,19). The third kappa shape index (κ3) is 3.98. The topological polar surface area (TPSA) is 70.8 Å². The summed E-state index contributed by atoms with van der Waals surface area (Å²) in [5.41, 5.74) is 0. The van der Waals surface area contributed by atoms with Gasteiger partial charge in [0.25, 0.3) is 0 Å². The molecule has 0 saturated carbocycles. The van der Waals surface area contributed by atoms with Crippen molar-refractivity contribution in [1.82, 2.24) is 4.90 Å². The van der Waals surface area contributed by atoms with Gasteiger partial charge in [-0.25, -0.2) is 0 Å². The highest BCUT2D eigenvalue weighted by Crippen LogP contribution is 2.20. The van der Waals surface area contributed by atoms with Gasteiger partial charge in [0, 0.05) is 25.6 Å². The van der Waals surface area contributed by atoms with Crippen LogP contribution in [0.3, 0.4) is 0 Å². The molecule has 1 aromatic rings. The van der Waals surface area contributed by atoms with E-state index in [-0.39, 0.29) is 18.2 Å². The van der Waals surface area contributed by atoms with E-state index >= 15 is 0 Å². The van der Waals surface area contributed by atoms with Crippen LogP contribution in [0.1, 0.15) is 30.8 Å². The van der Waals surface area contributed by atoms with Gasteiger partial charge in [-0.15, -0.1) is 0 Å². The summed E-state index contributed by atoms with van der Waals surface area (Å²) in [6, 6.07) is 3.65. The summed E-state index contributed by atoms with van der Waals surface area (Å²) in [5, 5.41) is 8.82. The number of hydrogen-bond donors (Lipinski definition) is 1. The Kier molecular flexibility index (Phi) is 4.61. The lowest BCUT2D eigenvalue weighted by atomic mass is 9.95. The van der Waals surface area contributed by atoms with E-state index in [2.05, 4.69) is 0 Å². The van der Waals surface area contributed by atoms with Gasteiger partial charge in [0.05, 0.1) is 0 Å². The monoisotopic (exact) mass is 277 g/mol. The Balaban J connectivity index is 1.91. The van der Waals surface area contributed by atoms with Gasteiger partial charge in [-0.3, -0.25) is 9.59 Å². The molecular weight excluding hydrogens is 258 g/mol. The fourth-order valence-electron chi connectivity index (χ4n) is 2.48. The Morgan fingerprint density at radius 3 is 2.95 bits per heavy atom. The molecule has 1 saturated heterocycles. The second-order valence-corrected chi connectivity index (χ2v) is 5.17. The van der Waals surface area contributed by atoms with E-state index in [0.717, 1.165) is 18.6 Å². The second-order valence-electron chi connectivity index (χ2n) is 5.17. The van der Waals surface area contributed by atoms with E-state index in [1.54, 1.807) is 11.0 Å². The number of likely N-dealkylation sites (tertiary alicyclic amines) is 1. The molecule has 1 aliphatic rings. The fraction of sp³-hybridized carbons (Fsp3) is 0.467. The molecule has 1 fully saturated rings. The predicted octanol–water partition coefficient (Wildman–Crippen LogP) is 2.31. The van der Waals surface area contributed by atoms with E-state index in [1.807, 2.05) is 19.1 Å². The first-order chi connectivity index (χ1) is 9.54. The zero-order valence-corrected chi connectivity index (χ0v) is 11.5. The number of carboxylic acid groups (broad SMARTS) is 1. The van der Waals surface area contributed by atoms with Crippen LogP contribution in [0.2, 0.25) is 0 Å². The molecule has 5 nitrogen and oxygen atoms in total. The highest BCUT2D eigenvalue weighted by Gasteiger charge is 2.24. The summed E-state index contributed by atoms with van der Waals surface area (Å²) in [4.78, 5) is 24.5. The number of furan rings is 1. The molecule has 1 atom stereocenters. The molecule has 1 aromatic heterocycles. The highest BCUT2D eigenvalue weighted by molar-refractivity contribution is 5.91. The van der Waals surface area contributed by atoms with Crippen molar-refractivity contribution in [2.75, 3.05) is 13.1 Å². The number of rotatable bonds is 4. The van der Waals surface area contributed by atoms with Crippen LogP contribution < -0.4 is 0 Å². The van der Waals surface area contributed by atoms with Gasteiger partial charge < -0.3 is 14.4 Å². The maximum absolute atomic E-state index is 12.1. The number of aryl methyl sites for hydroxylation is 1. The summed E-state index contributed by atoms with van der Waals surface area (Å²) >= 11 is 0. The molecule has 1 amide bonds. The Morgan fingerprint density at radius 1 is 1.50 bits per heavy atom. The van der Waals surface area contributed by atoms with Crippen molar-refractivity contribution in [2.45, 2.75) is 26.2 Å². The first-order valence-electron chi connectivity index (χ1n) is 6.80. The zero-order chi connectivity index (χ0) is 14.5. The smallest absolute Gasteiger partial charge is 0.303 e. The van der Waals surface area contributed by atoms with Crippen molar-refractivity contribution < 1.29 is 19.1 Å². The lowest BCUT2D eigenvalue weighted by molar-refractivity contribution is -0.139. The number of carbonyl (C=O) groups excluding carboxylic acids is 1. The van der Waals surface area contributed by atoms with Crippen LogP contribution in [-0.4, -0.2) is 35.0 Å². The number of carbonyl (C=O) groups is 2. The fourth-order valence-corrected chi connectivity index (χ4v) is 2.48. The van der Waals surface area contributed by atoms with Crippen LogP contribution in [0.4, 0.5) is 0 Å². The van der Waals surface area contributed by atoms with Crippen LogP contribution in [-0.2, 0) is 9.59 Å². The number of hydrogen-bond acceptors (Lipinski definition) is 3. The van der Waals surface area contributed by atoms with Crippen molar-refractivity contribution in [3.05, 3.63) is 29.7 Å². The van der Waals surface area contributed by atoms with Gasteiger partial charge >= 0.3 is 5.97 Å². The number of nitrogens with zero attached hydrogens (tertiary/aromatic N) is 1. The minimum Gasteiger partial charge on any atom is -0.481 e. The Hall–Kier alpha value is -2.04. The summed E-state index contributed by atoms with van der Waals surface area (Å²) < 4.78 is 5.36. The summed E-state index contributed by atoms with van der Waals surface area (Å²) in [5.74, 6) is 0.621. The minimum atomic E-state index is -0.800. The van der Waals surface area contributed by atoms with Gasteiger partial charge in [-0.05, 0) is 43.9 Å². The van der Waals surface area contributed by atoms with Crippen LogP contribution in [0, 0.1) is 12.8 Å². The second kappa shape index (κ2) is 6.41. The molecule has 5 heteroatoms. The first-order valence-corrected chi connectivity index (χ1v) is 6.80. The van der Waals surface area contributed by atoms with Crippen LogP contribution in [0.15, 0.2) is 22.6 Å². The summed E-state index contributed by atoms with van der Waals surface area (Å²) in [6.07, 6.45) is 5.00. The van der Waals surface area contributed by atoms with Gasteiger partial charge in [-0.1, -0.05) is 0 Å². The van der Waals surface area contributed by atoms with Crippen molar-refractivity contribution in [1.29, 1.82) is 0 Å². The summed E-state index contributed by atoms with van der Waals surface area (Å²) in [7, 11) is 0. The van der Waals surface area contributed by atoms with Gasteiger partial charge in [0.2, 0.25) is 5.91 Å². The molecule has 2 heterocycles. The maximum Gasteiger partial charge on any atom is 0.303 e. The van der Waals surface area contributed by atoms with Crippen molar-refractivity contribution in [3.63, 3.8) is 0 Å². The molecule has 2 rings (SSSR count). The van der Waals surface area contributed by atoms with Gasteiger partial charge in [-0.2, -0.15) is 0 Å². The van der Waals surface area contributed by atoms with Crippen molar-refractivity contribution in [2.24, 2.45) is 5.92 Å². The van der Waals surface area contributed by atoms with E-state index < -0.39 is 5.97 Å². The number of carboxylic acids is 1. The third-order valence-electron chi connectivity index (χ3n) is 3.45. The molecule has 0 aromatic carbocycles. The largest absolute Gasteiger partial charge is 0.481 e. The Morgan fingerprint density at radius 2 is 2.30 bits per heavy atom. The SMILES string of the molecule is Cc1ccc(C=CC(=O)N2CCCC(CC(=O)O)C2)o1. The molecule has 0 radical (unpaired) electrons. The number of piperidine rings is 1. The average Bonchev–Trinajstić information content (AvgIpc) is 2.81. The molecule has 108 valence electrons. The molecule has 0 bridgehead atoms. The molecule has 0 aliphatic carbocycles. The Bertz CT molecular complexity index is 518. The third-order valence-corrected chi connectivity index (χ3v) is 3.45. The lowest BCUT2D eigenvalue weighted by Gasteiger charge is -2.31. The van der Waals surface area contributed by atoms with Crippen molar-refractivity contribution in [3.8, 4) is 0 Å². The molecule has 0 spiro atoms. The van der Waals surface area contributed by atoms with Gasteiger partial charge in [0.15, 0.2) is 0 Å². The van der Waals surface area contributed by atoms with Crippen molar-refractivity contribution >= 4 is 18.0 Å². The number of aliphatic carboxylic acids is 1. The molecule has 1 unspecified atom stereocenters. The van der Waals surface area contributed by atoms with E-state index in [4.69, 9.17) is 9.52 Å². The highest BCUT2D eigenvalue weighted by atomic mass is 16.4. The first kappa shape index (κ1) is 14.4. The zero-order valence-electron chi connectivity index (χ0n) is 11.5. The average molecular weight is 277 g/mol. The number of amides is 1. The van der Waals surface area contributed by atoms with E-state index in [0.29, 0.717) is 18.8 Å². The van der Waals surface area contributed by atoms with Crippen LogP contribution >= 0.6 is 0 Å².